The zero-order valence-corrected chi connectivity index (χ0v) is 11.2. The van der Waals surface area contributed by atoms with E-state index in [1.54, 1.807) is 6.92 Å². The first-order valence-corrected chi connectivity index (χ1v) is 6.27. The summed E-state index contributed by atoms with van der Waals surface area (Å²) >= 11 is 0. The van der Waals surface area contributed by atoms with Gasteiger partial charge < -0.3 is 16.4 Å². The van der Waals surface area contributed by atoms with Crippen LogP contribution >= 0.6 is 0 Å². The first-order valence-electron chi connectivity index (χ1n) is 6.27. The van der Waals surface area contributed by atoms with Crippen LogP contribution in [0, 0.1) is 0 Å². The van der Waals surface area contributed by atoms with E-state index in [2.05, 4.69) is 20.9 Å². The van der Waals surface area contributed by atoms with Gasteiger partial charge in [-0.25, -0.2) is 0 Å². The Hall–Kier alpha value is -1.96. The van der Waals surface area contributed by atoms with Gasteiger partial charge in [-0.2, -0.15) is 0 Å². The van der Waals surface area contributed by atoms with E-state index in [1.807, 2.05) is 6.92 Å². The normalized spacial score (nSPS) is 11.9. The van der Waals surface area contributed by atoms with Crippen LogP contribution in [-0.2, 0) is 11.3 Å². The molecule has 1 rings (SSSR count). The third kappa shape index (κ3) is 4.66. The lowest BCUT2D eigenvalue weighted by molar-refractivity contribution is -0.122. The van der Waals surface area contributed by atoms with Crippen molar-refractivity contribution in [1.82, 2.24) is 25.6 Å². The van der Waals surface area contributed by atoms with Gasteiger partial charge in [0, 0.05) is 13.1 Å². The third-order valence-corrected chi connectivity index (χ3v) is 2.42. The van der Waals surface area contributed by atoms with Gasteiger partial charge in [0.1, 0.15) is 6.04 Å². The van der Waals surface area contributed by atoms with Crippen LogP contribution in [0.2, 0.25) is 0 Å². The van der Waals surface area contributed by atoms with Crippen LogP contribution in [0.15, 0.2) is 6.20 Å². The quantitative estimate of drug-likeness (QED) is 0.579. The van der Waals surface area contributed by atoms with Crippen molar-refractivity contribution < 1.29 is 9.59 Å². The zero-order chi connectivity index (χ0) is 14.3. The van der Waals surface area contributed by atoms with E-state index in [0.29, 0.717) is 19.6 Å². The van der Waals surface area contributed by atoms with Crippen molar-refractivity contribution in [3.05, 3.63) is 11.9 Å². The molecular weight excluding hydrogens is 248 g/mol. The highest BCUT2D eigenvalue weighted by atomic mass is 16.2. The van der Waals surface area contributed by atoms with Gasteiger partial charge in [-0.3, -0.25) is 14.3 Å². The molecule has 4 N–H and O–H groups in total. The average molecular weight is 268 g/mol. The van der Waals surface area contributed by atoms with Gasteiger partial charge in [0.05, 0.1) is 12.7 Å². The number of aromatic nitrogens is 3. The highest BCUT2D eigenvalue weighted by Gasteiger charge is 2.18. The number of hydrogen-bond donors (Lipinski definition) is 3. The third-order valence-electron chi connectivity index (χ3n) is 2.42. The summed E-state index contributed by atoms with van der Waals surface area (Å²) in [5, 5.41) is 12.7. The van der Waals surface area contributed by atoms with Crippen molar-refractivity contribution in [2.45, 2.75) is 32.9 Å². The summed E-state index contributed by atoms with van der Waals surface area (Å²) in [7, 11) is 0. The fourth-order valence-corrected chi connectivity index (χ4v) is 1.38. The summed E-state index contributed by atoms with van der Waals surface area (Å²) in [6.45, 7) is 5.07. The van der Waals surface area contributed by atoms with E-state index >= 15 is 0 Å². The maximum atomic E-state index is 11.8. The van der Waals surface area contributed by atoms with Crippen LogP contribution in [0.1, 0.15) is 30.8 Å². The molecule has 8 heteroatoms. The molecule has 106 valence electrons. The molecule has 0 aromatic carbocycles. The molecular formula is C11H20N6O2. The Morgan fingerprint density at radius 2 is 2.26 bits per heavy atom. The highest BCUT2D eigenvalue weighted by Crippen LogP contribution is 1.94. The fourth-order valence-electron chi connectivity index (χ4n) is 1.38. The first kappa shape index (κ1) is 15.1. The van der Waals surface area contributed by atoms with Gasteiger partial charge in [0.15, 0.2) is 5.69 Å². The van der Waals surface area contributed by atoms with Gasteiger partial charge in [-0.1, -0.05) is 12.1 Å². The second-order valence-electron chi connectivity index (χ2n) is 4.14. The predicted molar refractivity (Wildman–Crippen MR) is 69.3 cm³/mol. The molecule has 0 saturated heterocycles. The van der Waals surface area contributed by atoms with E-state index in [9.17, 15) is 9.59 Å². The molecule has 0 saturated carbocycles. The summed E-state index contributed by atoms with van der Waals surface area (Å²) in [5.41, 5.74) is 5.54. The maximum Gasteiger partial charge on any atom is 0.274 e. The molecule has 1 unspecified atom stereocenters. The molecule has 0 aliphatic carbocycles. The molecule has 0 aliphatic heterocycles. The van der Waals surface area contributed by atoms with Gasteiger partial charge >= 0.3 is 0 Å². The summed E-state index contributed by atoms with van der Waals surface area (Å²) in [5.74, 6) is -0.646. The van der Waals surface area contributed by atoms with Crippen molar-refractivity contribution in [2.24, 2.45) is 5.73 Å². The fraction of sp³-hybridized carbons (Fsp3) is 0.636. The lowest BCUT2D eigenvalue weighted by atomic mass is 10.3. The van der Waals surface area contributed by atoms with Crippen LogP contribution in [-0.4, -0.2) is 45.9 Å². The minimum Gasteiger partial charge on any atom is -0.354 e. The van der Waals surface area contributed by atoms with Gasteiger partial charge in [-0.05, 0) is 13.3 Å². The smallest absolute Gasteiger partial charge is 0.274 e. The van der Waals surface area contributed by atoms with Crippen molar-refractivity contribution in [3.63, 3.8) is 0 Å². The molecule has 1 atom stereocenters. The Balaban J connectivity index is 2.51. The topological polar surface area (TPSA) is 115 Å². The largest absolute Gasteiger partial charge is 0.354 e. The van der Waals surface area contributed by atoms with Crippen LogP contribution in [0.3, 0.4) is 0 Å². The van der Waals surface area contributed by atoms with E-state index < -0.39 is 11.9 Å². The Morgan fingerprint density at radius 1 is 1.53 bits per heavy atom. The maximum absolute atomic E-state index is 11.8. The lowest BCUT2D eigenvalue weighted by Crippen LogP contribution is -2.45. The molecule has 1 heterocycles. The zero-order valence-electron chi connectivity index (χ0n) is 11.2. The minimum absolute atomic E-state index is 0.170. The van der Waals surface area contributed by atoms with Gasteiger partial charge in [-0.15, -0.1) is 5.10 Å². The number of amides is 2. The summed E-state index contributed by atoms with van der Waals surface area (Å²) in [6.07, 6.45) is 2.35. The molecule has 0 radical (unpaired) electrons. The summed E-state index contributed by atoms with van der Waals surface area (Å²) in [6, 6.07) is -0.612. The summed E-state index contributed by atoms with van der Waals surface area (Å²) in [4.78, 5) is 23.4. The monoisotopic (exact) mass is 268 g/mol. The van der Waals surface area contributed by atoms with Crippen LogP contribution in [0.25, 0.3) is 0 Å². The number of rotatable bonds is 7. The highest BCUT2D eigenvalue weighted by molar-refractivity contribution is 5.95. The van der Waals surface area contributed by atoms with Crippen LogP contribution in [0.4, 0.5) is 0 Å². The van der Waals surface area contributed by atoms with Crippen molar-refractivity contribution in [2.75, 3.05) is 13.1 Å². The molecule has 0 fully saturated rings. The SMILES string of the molecule is CCCNC(=O)C(C)NC(=O)c1cn(CCN)nn1. The number of nitrogens with zero attached hydrogens (tertiary/aromatic N) is 3. The van der Waals surface area contributed by atoms with E-state index in [1.165, 1.54) is 10.9 Å². The minimum atomic E-state index is -0.612. The molecule has 0 aliphatic rings. The Kier molecular flexibility index (Phi) is 5.94. The second-order valence-corrected chi connectivity index (χ2v) is 4.14. The molecule has 1 aromatic rings. The molecule has 2 amide bonds. The molecule has 1 aromatic heterocycles. The van der Waals surface area contributed by atoms with Crippen molar-refractivity contribution >= 4 is 11.8 Å². The number of nitrogens with one attached hydrogen (secondary N) is 2. The number of carbonyl (C=O) groups is 2. The second kappa shape index (κ2) is 7.47. The van der Waals surface area contributed by atoms with E-state index in [4.69, 9.17) is 5.73 Å². The van der Waals surface area contributed by atoms with Crippen LogP contribution < -0.4 is 16.4 Å². The number of hydrogen-bond acceptors (Lipinski definition) is 5. The Morgan fingerprint density at radius 3 is 2.89 bits per heavy atom. The summed E-state index contributed by atoms with van der Waals surface area (Å²) < 4.78 is 1.48. The Bertz CT molecular complexity index is 431. The molecule has 0 bridgehead atoms. The number of carbonyl (C=O) groups excluding carboxylic acids is 2. The lowest BCUT2D eigenvalue weighted by Gasteiger charge is -2.12. The van der Waals surface area contributed by atoms with Crippen molar-refractivity contribution in [3.8, 4) is 0 Å². The Labute approximate surface area is 111 Å². The van der Waals surface area contributed by atoms with Crippen LogP contribution in [0.5, 0.6) is 0 Å². The van der Waals surface area contributed by atoms with Crippen molar-refractivity contribution in [1.29, 1.82) is 0 Å². The van der Waals surface area contributed by atoms with E-state index in [-0.39, 0.29) is 11.6 Å². The molecule has 8 nitrogen and oxygen atoms in total. The predicted octanol–water partition coefficient (Wildman–Crippen LogP) is -1.12. The standard InChI is InChI=1S/C11H20N6O2/c1-3-5-13-10(18)8(2)14-11(19)9-7-17(6-4-12)16-15-9/h7-8H,3-6,12H2,1-2H3,(H,13,18)(H,14,19). The van der Waals surface area contributed by atoms with Gasteiger partial charge in [0.25, 0.3) is 5.91 Å². The molecule has 0 spiro atoms. The first-order chi connectivity index (χ1) is 9.08. The number of nitrogens with two attached hydrogens (primary N) is 1. The average Bonchev–Trinajstić information content (AvgIpc) is 2.85. The van der Waals surface area contributed by atoms with E-state index in [0.717, 1.165) is 6.42 Å². The molecule has 19 heavy (non-hydrogen) atoms. The van der Waals surface area contributed by atoms with Gasteiger partial charge in [0.2, 0.25) is 5.91 Å².